The summed E-state index contributed by atoms with van der Waals surface area (Å²) in [5.74, 6) is -3.11. The van der Waals surface area contributed by atoms with Crippen molar-refractivity contribution in [3.05, 3.63) is 28.2 Å². The summed E-state index contributed by atoms with van der Waals surface area (Å²) < 4.78 is 4.91. The number of hydrogen-bond donors (Lipinski definition) is 1. The molecular weight excluding hydrogens is 555 g/mol. The Morgan fingerprint density at radius 2 is 1.69 bits per heavy atom. The maximum atomic E-state index is 12.5. The topological polar surface area (TPSA) is 92.8 Å². The van der Waals surface area contributed by atoms with E-state index in [1.165, 1.54) is 12.1 Å². The first-order valence-electron chi connectivity index (χ1n) is 8.71. The zero-order valence-corrected chi connectivity index (χ0v) is 19.6. The van der Waals surface area contributed by atoms with E-state index in [1.54, 1.807) is 6.07 Å². The molecule has 4 atom stereocenters. The number of halogens is 4. The highest BCUT2D eigenvalue weighted by Gasteiger charge is 2.52. The predicted molar refractivity (Wildman–Crippen MR) is 114 cm³/mol. The van der Waals surface area contributed by atoms with E-state index >= 15 is 0 Å². The van der Waals surface area contributed by atoms with Crippen LogP contribution >= 0.6 is 55.1 Å². The van der Waals surface area contributed by atoms with Crippen molar-refractivity contribution in [3.8, 4) is 0 Å². The first kappa shape index (κ1) is 22.5. The third-order valence-electron chi connectivity index (χ3n) is 4.86. The Morgan fingerprint density at radius 3 is 2.28 bits per heavy atom. The lowest BCUT2D eigenvalue weighted by Crippen LogP contribution is -2.37. The van der Waals surface area contributed by atoms with Gasteiger partial charge in [-0.25, -0.2) is 0 Å². The van der Waals surface area contributed by atoms with Crippen LogP contribution in [0.4, 0.5) is 5.69 Å². The zero-order valence-electron chi connectivity index (χ0n) is 14.9. The maximum Gasteiger partial charge on any atom is 0.326 e. The van der Waals surface area contributed by atoms with Gasteiger partial charge in [0.15, 0.2) is 6.61 Å². The summed E-state index contributed by atoms with van der Waals surface area (Å²) >= 11 is 18.8. The van der Waals surface area contributed by atoms with Gasteiger partial charge in [-0.1, -0.05) is 55.1 Å². The van der Waals surface area contributed by atoms with E-state index in [-0.39, 0.29) is 32.2 Å². The van der Waals surface area contributed by atoms with Gasteiger partial charge in [0.05, 0.1) is 22.5 Å². The van der Waals surface area contributed by atoms with E-state index in [1.807, 2.05) is 0 Å². The Balaban J connectivity index is 1.53. The average molecular weight is 571 g/mol. The van der Waals surface area contributed by atoms with Gasteiger partial charge in [0, 0.05) is 14.7 Å². The fourth-order valence-corrected chi connectivity index (χ4v) is 4.99. The number of amides is 3. The Hall–Kier alpha value is -1.16. The van der Waals surface area contributed by atoms with Crippen molar-refractivity contribution < 1.29 is 23.9 Å². The van der Waals surface area contributed by atoms with Crippen LogP contribution in [0.3, 0.4) is 0 Å². The second kappa shape index (κ2) is 9.32. The minimum absolute atomic E-state index is 0.0782. The third-order valence-corrected chi connectivity index (χ3v) is 8.15. The standard InChI is InChI=1S/C18H16Br2Cl2N2O5/c19-11-4-9-10(5-12(11)20)18(28)24(17(9)27)6-16(26)29-7-15(25)23-14-3-8(21)1-2-13(14)22/h1-3,9-12H,4-7H2,(H,23,25)/t9-,10-,11+,12+/m1/s1. The van der Waals surface area contributed by atoms with Crippen LogP contribution in [0.25, 0.3) is 0 Å². The minimum atomic E-state index is -0.844. The molecule has 0 radical (unpaired) electrons. The van der Waals surface area contributed by atoms with Crippen molar-refractivity contribution in [2.75, 3.05) is 18.5 Å². The van der Waals surface area contributed by atoms with Crippen LogP contribution in [0.15, 0.2) is 18.2 Å². The molecule has 1 saturated heterocycles. The Kier molecular flexibility index (Phi) is 7.24. The number of nitrogens with one attached hydrogen (secondary N) is 1. The molecular formula is C18H16Br2Cl2N2O5. The summed E-state index contributed by atoms with van der Waals surface area (Å²) in [5, 5.41) is 3.14. The number of ether oxygens (including phenoxy) is 1. The molecule has 1 aromatic carbocycles. The summed E-state index contributed by atoms with van der Waals surface area (Å²) in [6.45, 7) is -1.10. The molecule has 29 heavy (non-hydrogen) atoms. The fourth-order valence-electron chi connectivity index (χ4n) is 3.42. The van der Waals surface area contributed by atoms with Crippen molar-refractivity contribution in [2.45, 2.75) is 22.5 Å². The SMILES string of the molecule is O=C(COC(=O)CN1C(=O)[C@@H]2C[C@H](Br)[C@@H](Br)C[C@H]2C1=O)Nc1cc(Cl)ccc1Cl. The fraction of sp³-hybridized carbons (Fsp3) is 0.444. The number of benzene rings is 1. The number of nitrogens with zero attached hydrogens (tertiary/aromatic N) is 1. The lowest BCUT2D eigenvalue weighted by atomic mass is 9.81. The number of esters is 1. The molecule has 3 rings (SSSR count). The lowest BCUT2D eigenvalue weighted by Gasteiger charge is -2.29. The predicted octanol–water partition coefficient (Wildman–Crippen LogP) is 3.40. The number of carbonyl (C=O) groups excluding carboxylic acids is 4. The van der Waals surface area contributed by atoms with Gasteiger partial charge in [0.2, 0.25) is 11.8 Å². The molecule has 2 aliphatic rings. The molecule has 0 spiro atoms. The summed E-state index contributed by atoms with van der Waals surface area (Å²) in [5.41, 5.74) is 0.280. The van der Waals surface area contributed by atoms with Crippen molar-refractivity contribution in [3.63, 3.8) is 0 Å². The molecule has 1 aliphatic carbocycles. The molecule has 156 valence electrons. The molecule has 1 N–H and O–H groups in total. The van der Waals surface area contributed by atoms with Gasteiger partial charge in [-0.05, 0) is 31.0 Å². The number of rotatable bonds is 5. The Bertz CT molecular complexity index is 841. The van der Waals surface area contributed by atoms with Crippen LogP contribution in [0.5, 0.6) is 0 Å². The van der Waals surface area contributed by atoms with Gasteiger partial charge in [-0.15, -0.1) is 0 Å². The van der Waals surface area contributed by atoms with Crippen LogP contribution in [-0.2, 0) is 23.9 Å². The van der Waals surface area contributed by atoms with Crippen LogP contribution in [0.2, 0.25) is 10.0 Å². The number of carbonyl (C=O) groups is 4. The summed E-state index contributed by atoms with van der Waals surface area (Å²) in [6, 6.07) is 4.54. The molecule has 0 unspecified atom stereocenters. The number of hydrogen-bond acceptors (Lipinski definition) is 5. The van der Waals surface area contributed by atoms with Gasteiger partial charge in [0.25, 0.3) is 5.91 Å². The van der Waals surface area contributed by atoms with Gasteiger partial charge in [0.1, 0.15) is 6.54 Å². The van der Waals surface area contributed by atoms with Crippen LogP contribution < -0.4 is 5.32 Å². The molecule has 0 bridgehead atoms. The molecule has 1 heterocycles. The minimum Gasteiger partial charge on any atom is -0.454 e. The molecule has 1 aromatic rings. The van der Waals surface area contributed by atoms with Crippen LogP contribution in [0.1, 0.15) is 12.8 Å². The van der Waals surface area contributed by atoms with Crippen molar-refractivity contribution >= 4 is 84.4 Å². The average Bonchev–Trinajstić information content (AvgIpc) is 2.88. The number of imide groups is 1. The van der Waals surface area contributed by atoms with E-state index in [9.17, 15) is 19.2 Å². The second-order valence-electron chi connectivity index (χ2n) is 6.81. The molecule has 11 heteroatoms. The zero-order chi connectivity index (χ0) is 21.3. The van der Waals surface area contributed by atoms with Crippen molar-refractivity contribution in [1.82, 2.24) is 4.90 Å². The van der Waals surface area contributed by atoms with Crippen molar-refractivity contribution in [2.24, 2.45) is 11.8 Å². The third kappa shape index (κ3) is 5.13. The summed E-state index contributed by atoms with van der Waals surface area (Å²) in [4.78, 5) is 50.2. The van der Waals surface area contributed by atoms with Gasteiger partial charge in [-0.2, -0.15) is 0 Å². The van der Waals surface area contributed by atoms with Gasteiger partial charge in [-0.3, -0.25) is 24.1 Å². The molecule has 1 aliphatic heterocycles. The monoisotopic (exact) mass is 568 g/mol. The quantitative estimate of drug-likeness (QED) is 0.333. The first-order chi connectivity index (χ1) is 13.7. The summed E-state index contributed by atoms with van der Waals surface area (Å²) in [7, 11) is 0. The van der Waals surface area contributed by atoms with E-state index in [0.29, 0.717) is 17.9 Å². The highest BCUT2D eigenvalue weighted by molar-refractivity contribution is 9.12. The largest absolute Gasteiger partial charge is 0.454 e. The van der Waals surface area contributed by atoms with Crippen molar-refractivity contribution in [1.29, 1.82) is 0 Å². The number of fused-ring (bicyclic) bond motifs is 1. The van der Waals surface area contributed by atoms with Gasteiger partial charge >= 0.3 is 5.97 Å². The Morgan fingerprint density at radius 1 is 1.10 bits per heavy atom. The number of likely N-dealkylation sites (tertiary alicyclic amines) is 1. The molecule has 7 nitrogen and oxygen atoms in total. The van der Waals surface area contributed by atoms with E-state index in [4.69, 9.17) is 27.9 Å². The number of alkyl halides is 2. The van der Waals surface area contributed by atoms with Crippen LogP contribution in [0, 0.1) is 11.8 Å². The highest BCUT2D eigenvalue weighted by Crippen LogP contribution is 2.43. The molecule has 1 saturated carbocycles. The smallest absolute Gasteiger partial charge is 0.326 e. The normalized spacial score (nSPS) is 26.3. The molecule has 0 aromatic heterocycles. The maximum absolute atomic E-state index is 12.5. The lowest BCUT2D eigenvalue weighted by molar-refractivity contribution is -0.154. The number of anilines is 1. The first-order valence-corrected chi connectivity index (χ1v) is 11.3. The van der Waals surface area contributed by atoms with Crippen LogP contribution in [-0.4, -0.2) is 51.4 Å². The van der Waals surface area contributed by atoms with Gasteiger partial charge < -0.3 is 10.1 Å². The highest BCUT2D eigenvalue weighted by atomic mass is 79.9. The van der Waals surface area contributed by atoms with E-state index < -0.39 is 36.9 Å². The second-order valence-corrected chi connectivity index (χ2v) is 10.0. The summed E-state index contributed by atoms with van der Waals surface area (Å²) in [6.07, 6.45) is 1.03. The van der Waals surface area contributed by atoms with E-state index in [2.05, 4.69) is 37.2 Å². The Labute approximate surface area is 193 Å². The molecule has 2 fully saturated rings. The molecule has 3 amide bonds. The van der Waals surface area contributed by atoms with E-state index in [0.717, 1.165) is 4.90 Å².